The molecule has 226 valence electrons. The molecule has 2 aliphatic rings. The number of ether oxygens (including phenoxy) is 3. The van der Waals surface area contributed by atoms with Gasteiger partial charge in [-0.05, 0) is 92.5 Å². The quantitative estimate of drug-likeness (QED) is 0.257. The van der Waals surface area contributed by atoms with E-state index in [0.717, 1.165) is 57.3 Å². The molecule has 2 unspecified atom stereocenters. The fourth-order valence-corrected chi connectivity index (χ4v) is 5.81. The first-order chi connectivity index (χ1) is 19.4. The van der Waals surface area contributed by atoms with E-state index in [-0.39, 0.29) is 12.0 Å². The van der Waals surface area contributed by atoms with Crippen LogP contribution in [0.3, 0.4) is 0 Å². The van der Waals surface area contributed by atoms with Gasteiger partial charge >= 0.3 is 12.2 Å². The van der Waals surface area contributed by atoms with Gasteiger partial charge < -0.3 is 14.2 Å². The van der Waals surface area contributed by atoms with Crippen molar-refractivity contribution in [2.75, 3.05) is 6.61 Å². The molecule has 3 nitrogen and oxygen atoms in total. The molecule has 2 aromatic rings. The highest BCUT2D eigenvalue weighted by atomic mass is 19.3. The van der Waals surface area contributed by atoms with Crippen LogP contribution in [0.25, 0.3) is 0 Å². The molecule has 0 aromatic heterocycles. The van der Waals surface area contributed by atoms with Crippen LogP contribution >= 0.6 is 0 Å². The average molecular weight is 593 g/mol. The van der Waals surface area contributed by atoms with Crippen molar-refractivity contribution >= 4 is 0 Å². The smallest absolute Gasteiger partial charge is 0.429 e. The number of rotatable bonds is 10. The standard InChI is InChI=1S/C30H32F8O3/c1-2-3-18-4-12-26(39-17-18)20-7-5-19(6-8-20)21-9-11-23(24(31)14-21)30(37,38)40-22-10-13-27(25(32)15-22)41-29(35,36)16-28(33)34/h9-11,13-16,18-20,26H,2-8,12,17H2,1H3. The molecule has 0 spiro atoms. The lowest BCUT2D eigenvalue weighted by Crippen LogP contribution is -2.34. The van der Waals surface area contributed by atoms with E-state index in [1.54, 1.807) is 0 Å². The molecular formula is C30H32F8O3. The molecule has 1 saturated heterocycles. The predicted octanol–water partition coefficient (Wildman–Crippen LogP) is 9.71. The number of halogens is 8. The molecule has 0 N–H and O–H groups in total. The lowest BCUT2D eigenvalue weighted by atomic mass is 9.75. The van der Waals surface area contributed by atoms with E-state index in [9.17, 15) is 35.1 Å². The van der Waals surface area contributed by atoms with Gasteiger partial charge in [0.25, 0.3) is 6.08 Å². The van der Waals surface area contributed by atoms with Crippen molar-refractivity contribution in [3.63, 3.8) is 0 Å². The third-order valence-corrected chi connectivity index (χ3v) is 7.85. The largest absolute Gasteiger partial charge is 0.429 e. The molecular weight excluding hydrogens is 560 g/mol. The summed E-state index contributed by atoms with van der Waals surface area (Å²) >= 11 is 0. The van der Waals surface area contributed by atoms with E-state index in [4.69, 9.17) is 4.74 Å². The van der Waals surface area contributed by atoms with Gasteiger partial charge in [-0.2, -0.15) is 26.3 Å². The number of hydrogen-bond donors (Lipinski definition) is 0. The van der Waals surface area contributed by atoms with Gasteiger partial charge in [0.2, 0.25) is 0 Å². The minimum Gasteiger partial charge on any atom is -0.429 e. The van der Waals surface area contributed by atoms with Gasteiger partial charge in [0, 0.05) is 12.7 Å². The maximum absolute atomic E-state index is 14.9. The zero-order valence-electron chi connectivity index (χ0n) is 22.5. The molecule has 1 saturated carbocycles. The molecule has 41 heavy (non-hydrogen) atoms. The van der Waals surface area contributed by atoms with Gasteiger partial charge in [-0.15, -0.1) is 0 Å². The third kappa shape index (κ3) is 8.14. The Morgan fingerprint density at radius 3 is 2.22 bits per heavy atom. The lowest BCUT2D eigenvalue weighted by molar-refractivity contribution is -0.187. The first-order valence-electron chi connectivity index (χ1n) is 13.8. The van der Waals surface area contributed by atoms with Gasteiger partial charge in [0.15, 0.2) is 11.6 Å². The molecule has 2 aromatic carbocycles. The number of alkyl halides is 4. The summed E-state index contributed by atoms with van der Waals surface area (Å²) in [4.78, 5) is 0. The first kappa shape index (κ1) is 31.1. The van der Waals surface area contributed by atoms with Crippen molar-refractivity contribution in [2.45, 2.75) is 82.5 Å². The van der Waals surface area contributed by atoms with Crippen LogP contribution in [0.5, 0.6) is 11.5 Å². The second-order valence-electron chi connectivity index (χ2n) is 10.8. The van der Waals surface area contributed by atoms with Crippen LogP contribution in [-0.2, 0) is 10.8 Å². The molecule has 0 radical (unpaired) electrons. The second kappa shape index (κ2) is 13.0. The fourth-order valence-electron chi connectivity index (χ4n) is 5.81. The van der Waals surface area contributed by atoms with Crippen LogP contribution in [0.1, 0.15) is 75.3 Å². The Balaban J connectivity index is 1.36. The van der Waals surface area contributed by atoms with E-state index < -0.39 is 53.1 Å². The topological polar surface area (TPSA) is 27.7 Å². The molecule has 2 atom stereocenters. The zero-order valence-corrected chi connectivity index (χ0v) is 22.5. The second-order valence-corrected chi connectivity index (χ2v) is 10.8. The molecule has 1 heterocycles. The number of hydrogen-bond acceptors (Lipinski definition) is 3. The predicted molar refractivity (Wildman–Crippen MR) is 135 cm³/mol. The summed E-state index contributed by atoms with van der Waals surface area (Å²) < 4.78 is 124. The van der Waals surface area contributed by atoms with Gasteiger partial charge in [-0.1, -0.05) is 19.4 Å². The van der Waals surface area contributed by atoms with Crippen molar-refractivity contribution in [3.8, 4) is 11.5 Å². The Morgan fingerprint density at radius 2 is 1.63 bits per heavy atom. The Labute approximate surface area is 233 Å². The minimum absolute atomic E-state index is 0.0151. The highest BCUT2D eigenvalue weighted by molar-refractivity contribution is 5.35. The number of benzene rings is 2. The third-order valence-electron chi connectivity index (χ3n) is 7.85. The summed E-state index contributed by atoms with van der Waals surface area (Å²) in [5.74, 6) is -3.70. The van der Waals surface area contributed by atoms with Crippen LogP contribution in [-0.4, -0.2) is 18.8 Å². The summed E-state index contributed by atoms with van der Waals surface area (Å²) in [6.45, 7) is 2.96. The molecule has 2 fully saturated rings. The van der Waals surface area contributed by atoms with Crippen LogP contribution in [0.4, 0.5) is 35.1 Å². The molecule has 11 heteroatoms. The van der Waals surface area contributed by atoms with Crippen molar-refractivity contribution < 1.29 is 49.3 Å². The SMILES string of the molecule is CCCC1CCC(C2CCC(c3ccc(C(F)(F)Oc4ccc(OC(F)(F)C=C(F)F)c(F)c4)c(F)c3)CC2)OC1. The van der Waals surface area contributed by atoms with E-state index in [0.29, 0.717) is 35.6 Å². The van der Waals surface area contributed by atoms with Crippen molar-refractivity contribution in [1.29, 1.82) is 0 Å². The summed E-state index contributed by atoms with van der Waals surface area (Å²) in [5, 5.41) is 0. The van der Waals surface area contributed by atoms with Gasteiger partial charge in [-0.3, -0.25) is 0 Å². The summed E-state index contributed by atoms with van der Waals surface area (Å²) in [6.07, 6.45) is -4.21. The van der Waals surface area contributed by atoms with Gasteiger partial charge in [-0.25, -0.2) is 8.78 Å². The highest BCUT2D eigenvalue weighted by Gasteiger charge is 2.39. The van der Waals surface area contributed by atoms with E-state index in [1.165, 1.54) is 18.9 Å². The minimum atomic E-state index is -4.54. The van der Waals surface area contributed by atoms with E-state index >= 15 is 0 Å². The normalized spacial score (nSPS) is 23.6. The van der Waals surface area contributed by atoms with Crippen LogP contribution < -0.4 is 9.47 Å². The van der Waals surface area contributed by atoms with Crippen molar-refractivity contribution in [1.82, 2.24) is 0 Å². The monoisotopic (exact) mass is 592 g/mol. The Bertz CT molecular complexity index is 1200. The average Bonchev–Trinajstić information content (AvgIpc) is 2.90. The molecule has 1 aliphatic heterocycles. The molecule has 0 amide bonds. The van der Waals surface area contributed by atoms with Crippen LogP contribution in [0.2, 0.25) is 0 Å². The fraction of sp³-hybridized carbons (Fsp3) is 0.533. The van der Waals surface area contributed by atoms with E-state index in [2.05, 4.69) is 16.4 Å². The van der Waals surface area contributed by atoms with Gasteiger partial charge in [0.1, 0.15) is 11.6 Å². The summed E-state index contributed by atoms with van der Waals surface area (Å²) in [7, 11) is 0. The van der Waals surface area contributed by atoms with Gasteiger partial charge in [0.05, 0.1) is 17.7 Å². The zero-order chi connectivity index (χ0) is 29.8. The summed E-state index contributed by atoms with van der Waals surface area (Å²) in [6, 6.07) is 4.88. The van der Waals surface area contributed by atoms with Crippen LogP contribution in [0, 0.1) is 23.5 Å². The maximum Gasteiger partial charge on any atom is 0.429 e. The molecule has 1 aliphatic carbocycles. The Hall–Kier alpha value is -2.82. The lowest BCUT2D eigenvalue weighted by Gasteiger charge is -2.38. The summed E-state index contributed by atoms with van der Waals surface area (Å²) in [5.41, 5.74) is -0.483. The highest BCUT2D eigenvalue weighted by Crippen LogP contribution is 2.42. The Morgan fingerprint density at radius 1 is 0.902 bits per heavy atom. The first-order valence-corrected chi connectivity index (χ1v) is 13.8. The molecule has 4 rings (SSSR count). The molecule has 0 bridgehead atoms. The maximum atomic E-state index is 14.9. The van der Waals surface area contributed by atoms with Crippen LogP contribution in [0.15, 0.2) is 48.6 Å². The van der Waals surface area contributed by atoms with Crippen molar-refractivity contribution in [3.05, 3.63) is 71.3 Å². The van der Waals surface area contributed by atoms with Crippen molar-refractivity contribution in [2.24, 2.45) is 11.8 Å². The van der Waals surface area contributed by atoms with E-state index in [1.807, 2.05) is 0 Å². The Kier molecular flexibility index (Phi) is 9.87.